The van der Waals surface area contributed by atoms with Crippen molar-refractivity contribution in [3.63, 3.8) is 0 Å². The van der Waals surface area contributed by atoms with Gasteiger partial charge in [0.2, 0.25) is 11.1 Å². The summed E-state index contributed by atoms with van der Waals surface area (Å²) in [6.07, 6.45) is 4.29. The van der Waals surface area contributed by atoms with E-state index in [2.05, 4.69) is 20.5 Å². The largest absolute Gasteiger partial charge is 0.328 e. The van der Waals surface area contributed by atoms with E-state index in [1.807, 2.05) is 35.7 Å². The minimum atomic E-state index is -0.256. The topological polar surface area (TPSA) is 77.6 Å². The van der Waals surface area contributed by atoms with E-state index in [1.54, 1.807) is 0 Å². The van der Waals surface area contributed by atoms with E-state index < -0.39 is 0 Å². The van der Waals surface area contributed by atoms with E-state index in [0.717, 1.165) is 35.5 Å². The fourth-order valence-electron chi connectivity index (χ4n) is 3.38. The molecule has 8 heteroatoms. The highest BCUT2D eigenvalue weighted by Gasteiger charge is 2.38. The monoisotopic (exact) mass is 330 g/mol. The zero-order valence-electron chi connectivity index (χ0n) is 13.3. The van der Waals surface area contributed by atoms with Gasteiger partial charge in [-0.05, 0) is 32.1 Å². The normalized spacial score (nSPS) is 20.3. The number of rotatable bonds is 2. The number of hydrogen-bond acceptors (Lipinski definition) is 6. The quantitative estimate of drug-likeness (QED) is 0.849. The maximum absolute atomic E-state index is 12.6. The van der Waals surface area contributed by atoms with Crippen LogP contribution in [-0.4, -0.2) is 36.6 Å². The van der Waals surface area contributed by atoms with E-state index in [9.17, 15) is 4.79 Å². The summed E-state index contributed by atoms with van der Waals surface area (Å²) >= 11 is 1.49. The van der Waals surface area contributed by atoms with Crippen LogP contribution in [0, 0.1) is 6.92 Å². The Morgan fingerprint density at radius 2 is 2.17 bits per heavy atom. The van der Waals surface area contributed by atoms with Crippen molar-refractivity contribution in [1.82, 2.24) is 24.5 Å². The molecule has 7 nitrogen and oxygen atoms in total. The highest BCUT2D eigenvalue weighted by Crippen LogP contribution is 2.40. The molecule has 2 aromatic rings. The Balaban J connectivity index is 1.94. The van der Waals surface area contributed by atoms with Crippen molar-refractivity contribution < 1.29 is 4.79 Å². The second-order valence-corrected chi connectivity index (χ2v) is 6.67. The number of hydrogen-bond donors (Lipinski definition) is 1. The molecule has 4 rings (SSSR count). The summed E-state index contributed by atoms with van der Waals surface area (Å²) in [5, 5.41) is 13.0. The second kappa shape index (κ2) is 5.23. The summed E-state index contributed by atoms with van der Waals surface area (Å²) in [4.78, 5) is 17.1. The zero-order valence-corrected chi connectivity index (χ0v) is 14.1. The Morgan fingerprint density at radius 3 is 2.87 bits per heavy atom. The van der Waals surface area contributed by atoms with Crippen LogP contribution in [-0.2, 0) is 11.8 Å². The van der Waals surface area contributed by atoms with Gasteiger partial charge in [-0.2, -0.15) is 10.1 Å². The molecule has 1 aliphatic carbocycles. The predicted octanol–water partition coefficient (Wildman–Crippen LogP) is 2.06. The van der Waals surface area contributed by atoms with Crippen LogP contribution in [0.2, 0.25) is 0 Å². The minimum absolute atomic E-state index is 0.189. The molecule has 0 unspecified atom stereocenters. The molecule has 0 fully saturated rings. The van der Waals surface area contributed by atoms with Gasteiger partial charge in [0.25, 0.3) is 0 Å². The van der Waals surface area contributed by atoms with Gasteiger partial charge in [0.05, 0.1) is 11.4 Å². The van der Waals surface area contributed by atoms with Crippen molar-refractivity contribution in [1.29, 1.82) is 0 Å². The lowest BCUT2D eigenvalue weighted by Gasteiger charge is -2.31. The molecule has 1 N–H and O–H groups in total. The van der Waals surface area contributed by atoms with Crippen molar-refractivity contribution >= 4 is 23.5 Å². The number of nitrogens with zero attached hydrogens (tertiary/aromatic N) is 5. The molecule has 1 atom stereocenters. The smallest absolute Gasteiger partial charge is 0.227 e. The van der Waals surface area contributed by atoms with Crippen LogP contribution in [0.4, 0.5) is 5.95 Å². The van der Waals surface area contributed by atoms with Crippen molar-refractivity contribution in [2.24, 2.45) is 7.05 Å². The molecule has 23 heavy (non-hydrogen) atoms. The first-order chi connectivity index (χ1) is 11.1. The molecular weight excluding hydrogens is 312 g/mol. The van der Waals surface area contributed by atoms with Crippen LogP contribution in [0.3, 0.4) is 0 Å². The number of carbonyl (C=O) groups is 1. The first kappa shape index (κ1) is 14.5. The predicted molar refractivity (Wildman–Crippen MR) is 87.4 cm³/mol. The van der Waals surface area contributed by atoms with Crippen LogP contribution in [0.15, 0.2) is 22.5 Å². The molecule has 0 amide bonds. The Bertz CT molecular complexity index is 833. The maximum Gasteiger partial charge on any atom is 0.227 e. The van der Waals surface area contributed by atoms with E-state index in [1.165, 1.54) is 11.8 Å². The van der Waals surface area contributed by atoms with Gasteiger partial charge in [-0.3, -0.25) is 9.48 Å². The van der Waals surface area contributed by atoms with Gasteiger partial charge in [0.1, 0.15) is 6.04 Å². The molecule has 0 aromatic carbocycles. The average Bonchev–Trinajstić information content (AvgIpc) is 3.07. The molecule has 3 heterocycles. The van der Waals surface area contributed by atoms with Crippen LogP contribution in [0.5, 0.6) is 0 Å². The van der Waals surface area contributed by atoms with Crippen molar-refractivity contribution in [2.45, 2.75) is 37.4 Å². The number of aryl methyl sites for hydroxylation is 2. The van der Waals surface area contributed by atoms with Crippen LogP contribution < -0.4 is 5.32 Å². The Hall–Kier alpha value is -2.09. The molecule has 0 saturated heterocycles. The maximum atomic E-state index is 12.6. The zero-order chi connectivity index (χ0) is 16.1. The number of aromatic nitrogens is 5. The average molecular weight is 330 g/mol. The van der Waals surface area contributed by atoms with Gasteiger partial charge >= 0.3 is 0 Å². The summed E-state index contributed by atoms with van der Waals surface area (Å²) in [5.41, 5.74) is 3.69. The highest BCUT2D eigenvalue weighted by atomic mass is 32.2. The third-order valence-corrected chi connectivity index (χ3v) is 4.89. The van der Waals surface area contributed by atoms with Crippen molar-refractivity contribution in [2.75, 3.05) is 11.6 Å². The number of thioether (sulfide) groups is 1. The van der Waals surface area contributed by atoms with E-state index in [0.29, 0.717) is 17.5 Å². The molecule has 1 aliphatic heterocycles. The van der Waals surface area contributed by atoms with Crippen LogP contribution in [0.25, 0.3) is 0 Å². The summed E-state index contributed by atoms with van der Waals surface area (Å²) < 4.78 is 3.66. The molecule has 0 saturated carbocycles. The lowest BCUT2D eigenvalue weighted by molar-refractivity contribution is -0.116. The third kappa shape index (κ3) is 2.20. The second-order valence-electron chi connectivity index (χ2n) is 5.90. The van der Waals surface area contributed by atoms with Gasteiger partial charge in [-0.15, -0.1) is 5.10 Å². The molecule has 2 aromatic heterocycles. The van der Waals surface area contributed by atoms with Crippen LogP contribution >= 0.6 is 11.8 Å². The SMILES string of the molecule is CSc1nc2n(n1)[C@@H](c1cc(C)nn1C)C1=C(CCCC1=O)N2. The van der Waals surface area contributed by atoms with E-state index in [-0.39, 0.29) is 11.8 Å². The van der Waals surface area contributed by atoms with Crippen molar-refractivity contribution in [3.8, 4) is 0 Å². The fourth-order valence-corrected chi connectivity index (χ4v) is 3.73. The minimum Gasteiger partial charge on any atom is -0.328 e. The molecule has 2 aliphatic rings. The number of anilines is 1. The van der Waals surface area contributed by atoms with Crippen molar-refractivity contribution in [3.05, 3.63) is 28.7 Å². The molecule has 0 radical (unpaired) electrons. The summed E-state index contributed by atoms with van der Waals surface area (Å²) in [6.45, 7) is 1.96. The fraction of sp³-hybridized carbons (Fsp3) is 0.467. The van der Waals surface area contributed by atoms with Gasteiger partial charge in [-0.25, -0.2) is 4.68 Å². The third-order valence-electron chi connectivity index (χ3n) is 4.35. The first-order valence-corrected chi connectivity index (χ1v) is 8.85. The lowest BCUT2D eigenvalue weighted by atomic mass is 9.87. The Labute approximate surface area is 138 Å². The summed E-state index contributed by atoms with van der Waals surface area (Å²) in [6, 6.07) is 1.76. The lowest BCUT2D eigenvalue weighted by Crippen LogP contribution is -2.32. The van der Waals surface area contributed by atoms with E-state index in [4.69, 9.17) is 0 Å². The Kier molecular flexibility index (Phi) is 3.29. The number of nitrogens with one attached hydrogen (secondary N) is 1. The molecule has 0 spiro atoms. The number of ketones is 1. The number of carbonyl (C=O) groups excluding carboxylic acids is 1. The molecular formula is C15H18N6OS. The molecule has 120 valence electrons. The Morgan fingerprint density at radius 1 is 1.35 bits per heavy atom. The van der Waals surface area contributed by atoms with Crippen LogP contribution in [0.1, 0.15) is 36.7 Å². The number of Topliss-reactive ketones (excluding diaryl/α,β-unsaturated/α-hetero) is 1. The summed E-state index contributed by atoms with van der Waals surface area (Å²) in [7, 11) is 1.91. The van der Waals surface area contributed by atoms with Gasteiger partial charge in [0.15, 0.2) is 5.78 Å². The summed E-state index contributed by atoms with van der Waals surface area (Å²) in [5.74, 6) is 0.890. The van der Waals surface area contributed by atoms with Gasteiger partial charge < -0.3 is 5.32 Å². The molecule has 0 bridgehead atoms. The van der Waals surface area contributed by atoms with Gasteiger partial charge in [-0.1, -0.05) is 11.8 Å². The van der Waals surface area contributed by atoms with Gasteiger partial charge in [0, 0.05) is 24.7 Å². The standard InChI is InChI=1S/C15H18N6OS/c1-8-7-10(20(2)18-8)13-12-9(5-4-6-11(12)22)16-14-17-15(23-3)19-21(13)14/h7,13H,4-6H2,1-3H3,(H,16,17,19)/t13-/m0/s1. The van der Waals surface area contributed by atoms with E-state index >= 15 is 0 Å². The number of fused-ring (bicyclic) bond motifs is 1. The first-order valence-electron chi connectivity index (χ1n) is 7.63. The number of allylic oxidation sites excluding steroid dienone is 2. The highest BCUT2D eigenvalue weighted by molar-refractivity contribution is 7.98.